The van der Waals surface area contributed by atoms with Crippen molar-refractivity contribution in [1.29, 1.82) is 0 Å². The predicted molar refractivity (Wildman–Crippen MR) is 76.2 cm³/mol. The molecule has 3 N–H and O–H groups in total. The highest BCUT2D eigenvalue weighted by Crippen LogP contribution is 2.35. The van der Waals surface area contributed by atoms with Crippen LogP contribution in [0.25, 0.3) is 0 Å². The molecule has 1 fully saturated rings. The Morgan fingerprint density at radius 2 is 1.95 bits per heavy atom. The highest BCUT2D eigenvalue weighted by atomic mass is 32.2. The van der Waals surface area contributed by atoms with Crippen LogP contribution in [0.1, 0.15) is 42.9 Å². The number of halogens is 4. The van der Waals surface area contributed by atoms with Crippen molar-refractivity contribution in [3.63, 3.8) is 0 Å². The van der Waals surface area contributed by atoms with Crippen LogP contribution in [0.15, 0.2) is 18.2 Å². The smallest absolute Gasteiger partial charge is 0.271 e. The third-order valence-corrected chi connectivity index (χ3v) is 5.17. The van der Waals surface area contributed by atoms with E-state index in [9.17, 15) is 17.6 Å². The molecule has 0 saturated heterocycles. The molecule has 1 saturated carbocycles. The molecule has 0 aromatic heterocycles. The molecule has 0 radical (unpaired) electrons. The number of hydrogen-bond donors (Lipinski definition) is 2. The molecule has 1 aromatic rings. The molecule has 21 heavy (non-hydrogen) atoms. The SMILES string of the molecule is NNC(CSC1CCCC1)c1ccc(F)c(C(F)(F)F)c1. The maximum atomic E-state index is 13.3. The summed E-state index contributed by atoms with van der Waals surface area (Å²) in [6, 6.07) is 2.62. The van der Waals surface area contributed by atoms with Crippen molar-refractivity contribution in [2.24, 2.45) is 5.84 Å². The van der Waals surface area contributed by atoms with E-state index in [0.717, 1.165) is 25.0 Å². The van der Waals surface area contributed by atoms with E-state index in [1.807, 2.05) is 0 Å². The van der Waals surface area contributed by atoms with Gasteiger partial charge >= 0.3 is 6.18 Å². The zero-order chi connectivity index (χ0) is 15.5. The molecular weight excluding hydrogens is 304 g/mol. The maximum absolute atomic E-state index is 13.3. The van der Waals surface area contributed by atoms with Crippen molar-refractivity contribution in [1.82, 2.24) is 5.43 Å². The minimum atomic E-state index is -4.70. The van der Waals surface area contributed by atoms with E-state index in [-0.39, 0.29) is 0 Å². The average molecular weight is 322 g/mol. The average Bonchev–Trinajstić information content (AvgIpc) is 2.93. The second-order valence-corrected chi connectivity index (χ2v) is 6.53. The van der Waals surface area contributed by atoms with Crippen LogP contribution in [-0.4, -0.2) is 11.0 Å². The van der Waals surface area contributed by atoms with E-state index in [1.54, 1.807) is 11.8 Å². The predicted octanol–water partition coefficient (Wildman–Crippen LogP) is 4.02. The quantitative estimate of drug-likeness (QED) is 0.488. The van der Waals surface area contributed by atoms with Gasteiger partial charge in [-0.05, 0) is 30.5 Å². The van der Waals surface area contributed by atoms with Gasteiger partial charge in [-0.2, -0.15) is 24.9 Å². The molecular formula is C14H18F4N2S. The minimum absolute atomic E-state index is 0.358. The molecule has 2 nitrogen and oxygen atoms in total. The number of benzene rings is 1. The van der Waals surface area contributed by atoms with E-state index >= 15 is 0 Å². The van der Waals surface area contributed by atoms with Gasteiger partial charge in [0, 0.05) is 11.0 Å². The number of rotatable bonds is 5. The van der Waals surface area contributed by atoms with E-state index in [4.69, 9.17) is 5.84 Å². The van der Waals surface area contributed by atoms with Crippen LogP contribution in [0.3, 0.4) is 0 Å². The Labute approximate surface area is 125 Å². The molecule has 1 aromatic carbocycles. The minimum Gasteiger partial charge on any atom is -0.271 e. The summed E-state index contributed by atoms with van der Waals surface area (Å²) in [5.74, 6) is 4.76. The van der Waals surface area contributed by atoms with Gasteiger partial charge in [0.15, 0.2) is 0 Å². The first kappa shape index (κ1) is 16.6. The Morgan fingerprint density at radius 1 is 1.29 bits per heavy atom. The van der Waals surface area contributed by atoms with Crippen molar-refractivity contribution in [2.75, 3.05) is 5.75 Å². The van der Waals surface area contributed by atoms with Gasteiger partial charge in [0.1, 0.15) is 5.82 Å². The van der Waals surface area contributed by atoms with Crippen LogP contribution in [0.5, 0.6) is 0 Å². The van der Waals surface area contributed by atoms with Crippen molar-refractivity contribution in [2.45, 2.75) is 43.2 Å². The van der Waals surface area contributed by atoms with Gasteiger partial charge in [0.2, 0.25) is 0 Å². The van der Waals surface area contributed by atoms with E-state index in [2.05, 4.69) is 5.43 Å². The van der Waals surface area contributed by atoms with Crippen molar-refractivity contribution in [3.8, 4) is 0 Å². The molecule has 1 aliphatic carbocycles. The number of nitrogens with one attached hydrogen (secondary N) is 1. The van der Waals surface area contributed by atoms with Crippen LogP contribution >= 0.6 is 11.8 Å². The Kier molecular flexibility index (Phi) is 5.51. The molecule has 0 amide bonds. The number of thioether (sulfide) groups is 1. The summed E-state index contributed by atoms with van der Waals surface area (Å²) in [6.45, 7) is 0. The largest absolute Gasteiger partial charge is 0.419 e. The Balaban J connectivity index is 2.10. The number of alkyl halides is 3. The third-order valence-electron chi connectivity index (χ3n) is 3.70. The summed E-state index contributed by atoms with van der Waals surface area (Å²) >= 11 is 1.71. The fraction of sp³-hybridized carbons (Fsp3) is 0.571. The molecule has 1 aliphatic rings. The lowest BCUT2D eigenvalue weighted by Gasteiger charge is -2.19. The number of nitrogens with two attached hydrogens (primary N) is 1. The van der Waals surface area contributed by atoms with E-state index in [1.165, 1.54) is 18.9 Å². The highest BCUT2D eigenvalue weighted by molar-refractivity contribution is 7.99. The Morgan fingerprint density at radius 3 is 2.52 bits per heavy atom. The summed E-state index contributed by atoms with van der Waals surface area (Å²) in [7, 11) is 0. The van der Waals surface area contributed by atoms with Crippen LogP contribution < -0.4 is 11.3 Å². The highest BCUT2D eigenvalue weighted by Gasteiger charge is 2.34. The topological polar surface area (TPSA) is 38.0 Å². The molecule has 1 atom stereocenters. The fourth-order valence-electron chi connectivity index (χ4n) is 2.50. The van der Waals surface area contributed by atoms with Crippen LogP contribution in [-0.2, 0) is 6.18 Å². The lowest BCUT2D eigenvalue weighted by Crippen LogP contribution is -2.30. The van der Waals surface area contributed by atoms with Gasteiger partial charge in [-0.3, -0.25) is 11.3 Å². The molecule has 118 valence electrons. The van der Waals surface area contributed by atoms with Crippen molar-refractivity contribution in [3.05, 3.63) is 35.1 Å². The molecule has 0 bridgehead atoms. The third kappa shape index (κ3) is 4.34. The summed E-state index contributed by atoms with van der Waals surface area (Å²) in [5.41, 5.74) is 1.64. The monoisotopic (exact) mass is 322 g/mol. The summed E-state index contributed by atoms with van der Waals surface area (Å²) in [4.78, 5) is 0. The number of hydrogen-bond acceptors (Lipinski definition) is 3. The molecule has 2 rings (SSSR count). The first-order chi connectivity index (χ1) is 9.91. The van der Waals surface area contributed by atoms with Crippen LogP contribution in [0, 0.1) is 5.82 Å². The zero-order valence-electron chi connectivity index (χ0n) is 11.4. The van der Waals surface area contributed by atoms with Crippen LogP contribution in [0.4, 0.5) is 17.6 Å². The van der Waals surface area contributed by atoms with Crippen molar-refractivity contribution >= 4 is 11.8 Å². The molecule has 1 unspecified atom stereocenters. The van der Waals surface area contributed by atoms with Crippen molar-refractivity contribution < 1.29 is 17.6 Å². The van der Waals surface area contributed by atoms with Gasteiger partial charge in [0.05, 0.1) is 11.6 Å². The summed E-state index contributed by atoms with van der Waals surface area (Å²) in [6.07, 6.45) is -0.0174. The second-order valence-electron chi connectivity index (χ2n) is 5.20. The fourth-order valence-corrected chi connectivity index (χ4v) is 3.92. The first-order valence-electron chi connectivity index (χ1n) is 6.86. The number of hydrazine groups is 1. The van der Waals surface area contributed by atoms with E-state index in [0.29, 0.717) is 16.6 Å². The zero-order valence-corrected chi connectivity index (χ0v) is 12.2. The lowest BCUT2D eigenvalue weighted by molar-refractivity contribution is -0.140. The molecule has 0 aliphatic heterocycles. The Bertz CT molecular complexity index is 473. The van der Waals surface area contributed by atoms with Gasteiger partial charge in [-0.1, -0.05) is 18.9 Å². The van der Waals surface area contributed by atoms with Gasteiger partial charge in [-0.25, -0.2) is 4.39 Å². The standard InChI is InChI=1S/C14H18F4N2S/c15-12-6-5-9(7-11(12)14(16,17)18)13(20-19)8-21-10-3-1-2-4-10/h5-7,10,13,20H,1-4,8,19H2. The Hall–Kier alpha value is -0.790. The lowest BCUT2D eigenvalue weighted by atomic mass is 10.0. The summed E-state index contributed by atoms with van der Waals surface area (Å²) < 4.78 is 51.5. The molecule has 7 heteroatoms. The van der Waals surface area contributed by atoms with Crippen LogP contribution in [0.2, 0.25) is 0 Å². The summed E-state index contributed by atoms with van der Waals surface area (Å²) in [5, 5.41) is 0.545. The van der Waals surface area contributed by atoms with E-state index < -0.39 is 23.6 Å². The molecule has 0 heterocycles. The normalized spacial score (nSPS) is 18.1. The maximum Gasteiger partial charge on any atom is 0.419 e. The second kappa shape index (κ2) is 6.98. The van der Waals surface area contributed by atoms with Gasteiger partial charge < -0.3 is 0 Å². The molecule has 0 spiro atoms. The van der Waals surface area contributed by atoms with Gasteiger partial charge in [0.25, 0.3) is 0 Å². The van der Waals surface area contributed by atoms with Gasteiger partial charge in [-0.15, -0.1) is 0 Å². The first-order valence-corrected chi connectivity index (χ1v) is 7.91.